The number of hydrogen-bond donors (Lipinski definition) is 3. The van der Waals surface area contributed by atoms with E-state index in [1.807, 2.05) is 0 Å². The molecule has 2 heterocycles. The van der Waals surface area contributed by atoms with Crippen LogP contribution >= 0.6 is 11.3 Å². The van der Waals surface area contributed by atoms with E-state index in [0.29, 0.717) is 24.9 Å². The number of aryl methyl sites for hydroxylation is 1. The number of nitrogens with two attached hydrogens (primary N) is 2. The SMILES string of the molecule is CCc1cc2c(N)nc(NCCN)nc2s1. The molecule has 0 bridgehead atoms. The van der Waals surface area contributed by atoms with Gasteiger partial charge in [0.15, 0.2) is 0 Å². The van der Waals surface area contributed by atoms with Gasteiger partial charge in [0, 0.05) is 18.0 Å². The van der Waals surface area contributed by atoms with E-state index in [-0.39, 0.29) is 0 Å². The molecule has 2 aromatic rings. The summed E-state index contributed by atoms with van der Waals surface area (Å²) in [5, 5.41) is 3.98. The summed E-state index contributed by atoms with van der Waals surface area (Å²) < 4.78 is 0. The van der Waals surface area contributed by atoms with Gasteiger partial charge in [0.2, 0.25) is 5.95 Å². The number of nitrogens with one attached hydrogen (secondary N) is 1. The van der Waals surface area contributed by atoms with Gasteiger partial charge in [-0.15, -0.1) is 11.3 Å². The minimum atomic E-state index is 0.528. The molecule has 86 valence electrons. The predicted octanol–water partition coefficient (Wildman–Crippen LogP) is 1.21. The highest BCUT2D eigenvalue weighted by molar-refractivity contribution is 7.18. The Hall–Kier alpha value is -1.40. The van der Waals surface area contributed by atoms with Crippen molar-refractivity contribution in [3.8, 4) is 0 Å². The van der Waals surface area contributed by atoms with Gasteiger partial charge in [-0.2, -0.15) is 4.98 Å². The van der Waals surface area contributed by atoms with E-state index in [2.05, 4.69) is 28.3 Å². The molecule has 0 saturated heterocycles. The Morgan fingerprint density at radius 3 is 2.94 bits per heavy atom. The molecule has 2 rings (SSSR count). The summed E-state index contributed by atoms with van der Waals surface area (Å²) in [6.45, 7) is 3.31. The van der Waals surface area contributed by atoms with Crippen LogP contribution in [0.5, 0.6) is 0 Å². The second-order valence-corrected chi connectivity index (χ2v) is 4.55. The van der Waals surface area contributed by atoms with Crippen molar-refractivity contribution in [2.24, 2.45) is 5.73 Å². The second-order valence-electron chi connectivity index (χ2n) is 3.43. The summed E-state index contributed by atoms with van der Waals surface area (Å²) in [5.74, 6) is 1.08. The van der Waals surface area contributed by atoms with E-state index in [9.17, 15) is 0 Å². The lowest BCUT2D eigenvalue weighted by molar-refractivity contribution is 0.998. The number of anilines is 2. The van der Waals surface area contributed by atoms with Gasteiger partial charge < -0.3 is 16.8 Å². The summed E-state index contributed by atoms with van der Waals surface area (Å²) in [7, 11) is 0. The lowest BCUT2D eigenvalue weighted by Gasteiger charge is -2.03. The van der Waals surface area contributed by atoms with Crippen LogP contribution in [0.4, 0.5) is 11.8 Å². The number of nitrogen functional groups attached to an aromatic ring is 1. The van der Waals surface area contributed by atoms with Crippen LogP contribution in [0.25, 0.3) is 10.2 Å². The molecular weight excluding hydrogens is 222 g/mol. The monoisotopic (exact) mass is 237 g/mol. The van der Waals surface area contributed by atoms with Crippen molar-refractivity contribution in [2.75, 3.05) is 24.1 Å². The molecule has 0 atom stereocenters. The van der Waals surface area contributed by atoms with Crippen LogP contribution in [-0.2, 0) is 6.42 Å². The fourth-order valence-corrected chi connectivity index (χ4v) is 2.41. The Kier molecular flexibility index (Phi) is 3.21. The van der Waals surface area contributed by atoms with E-state index < -0.39 is 0 Å². The van der Waals surface area contributed by atoms with Crippen LogP contribution in [-0.4, -0.2) is 23.1 Å². The Morgan fingerprint density at radius 2 is 2.25 bits per heavy atom. The second kappa shape index (κ2) is 4.63. The zero-order valence-corrected chi connectivity index (χ0v) is 9.97. The molecule has 5 N–H and O–H groups in total. The topological polar surface area (TPSA) is 89.8 Å². The molecule has 16 heavy (non-hydrogen) atoms. The maximum Gasteiger partial charge on any atom is 0.226 e. The molecule has 0 fully saturated rings. The fraction of sp³-hybridized carbons (Fsp3) is 0.400. The van der Waals surface area contributed by atoms with Crippen LogP contribution < -0.4 is 16.8 Å². The highest BCUT2D eigenvalue weighted by Gasteiger charge is 2.08. The van der Waals surface area contributed by atoms with Crippen LogP contribution in [0.1, 0.15) is 11.8 Å². The Balaban J connectivity index is 2.40. The third-order valence-corrected chi connectivity index (χ3v) is 3.42. The minimum absolute atomic E-state index is 0.528. The average Bonchev–Trinajstić information content (AvgIpc) is 2.70. The Labute approximate surface area is 97.9 Å². The molecule has 0 aliphatic carbocycles. The van der Waals surface area contributed by atoms with Crippen LogP contribution in [0.2, 0.25) is 0 Å². The van der Waals surface area contributed by atoms with Crippen LogP contribution in [0.3, 0.4) is 0 Å². The molecular formula is C10H15N5S. The first-order chi connectivity index (χ1) is 7.74. The van der Waals surface area contributed by atoms with Gasteiger partial charge in [0.05, 0.1) is 5.39 Å². The lowest BCUT2D eigenvalue weighted by atomic mass is 10.3. The molecule has 0 spiro atoms. The molecule has 0 aliphatic rings. The summed E-state index contributed by atoms with van der Waals surface area (Å²) in [6.07, 6.45) is 0.992. The summed E-state index contributed by atoms with van der Waals surface area (Å²) >= 11 is 1.66. The number of nitrogens with zero attached hydrogens (tertiary/aromatic N) is 2. The van der Waals surface area contributed by atoms with E-state index in [0.717, 1.165) is 16.6 Å². The number of thiophene rings is 1. The number of rotatable bonds is 4. The first-order valence-electron chi connectivity index (χ1n) is 5.24. The van der Waals surface area contributed by atoms with Crippen molar-refractivity contribution in [2.45, 2.75) is 13.3 Å². The van der Waals surface area contributed by atoms with Gasteiger partial charge in [0.1, 0.15) is 10.6 Å². The molecule has 0 radical (unpaired) electrons. The molecule has 6 heteroatoms. The number of hydrogen-bond acceptors (Lipinski definition) is 6. The quantitative estimate of drug-likeness (QED) is 0.743. The summed E-state index contributed by atoms with van der Waals surface area (Å²) in [4.78, 5) is 10.8. The molecule has 0 saturated carbocycles. The van der Waals surface area contributed by atoms with Crippen molar-refractivity contribution < 1.29 is 0 Å². The first-order valence-corrected chi connectivity index (χ1v) is 6.06. The van der Waals surface area contributed by atoms with E-state index in [4.69, 9.17) is 11.5 Å². The van der Waals surface area contributed by atoms with E-state index >= 15 is 0 Å². The number of fused-ring (bicyclic) bond motifs is 1. The third-order valence-electron chi connectivity index (χ3n) is 2.25. The number of aromatic nitrogens is 2. The molecule has 2 aromatic heterocycles. The largest absolute Gasteiger partial charge is 0.383 e. The highest BCUT2D eigenvalue weighted by Crippen LogP contribution is 2.28. The van der Waals surface area contributed by atoms with Crippen LogP contribution in [0, 0.1) is 0 Å². The zero-order chi connectivity index (χ0) is 11.5. The minimum Gasteiger partial charge on any atom is -0.383 e. The normalized spacial score (nSPS) is 10.9. The zero-order valence-electron chi connectivity index (χ0n) is 9.16. The van der Waals surface area contributed by atoms with Crippen molar-refractivity contribution in [1.82, 2.24) is 9.97 Å². The van der Waals surface area contributed by atoms with Crippen molar-refractivity contribution in [3.05, 3.63) is 10.9 Å². The average molecular weight is 237 g/mol. The third kappa shape index (κ3) is 2.07. The first kappa shape index (κ1) is 11.1. The molecule has 5 nitrogen and oxygen atoms in total. The molecule has 0 aromatic carbocycles. The highest BCUT2D eigenvalue weighted by atomic mass is 32.1. The fourth-order valence-electron chi connectivity index (χ4n) is 1.43. The molecule has 0 amide bonds. The molecule has 0 unspecified atom stereocenters. The smallest absolute Gasteiger partial charge is 0.226 e. The maximum atomic E-state index is 5.88. The standard InChI is InChI=1S/C10H15N5S/c1-2-6-5-7-8(12)14-10(13-4-3-11)15-9(7)16-6/h5H,2-4,11H2,1H3,(H3,12,13,14,15). The summed E-state index contributed by atoms with van der Waals surface area (Å²) in [6, 6.07) is 2.06. The summed E-state index contributed by atoms with van der Waals surface area (Å²) in [5.41, 5.74) is 11.3. The predicted molar refractivity (Wildman–Crippen MR) is 68.7 cm³/mol. The van der Waals surface area contributed by atoms with Gasteiger partial charge in [-0.1, -0.05) is 6.92 Å². The van der Waals surface area contributed by atoms with Gasteiger partial charge in [0.25, 0.3) is 0 Å². The Morgan fingerprint density at radius 1 is 1.44 bits per heavy atom. The maximum absolute atomic E-state index is 5.88. The van der Waals surface area contributed by atoms with E-state index in [1.165, 1.54) is 4.88 Å². The van der Waals surface area contributed by atoms with Crippen molar-refractivity contribution in [1.29, 1.82) is 0 Å². The van der Waals surface area contributed by atoms with Crippen LogP contribution in [0.15, 0.2) is 6.07 Å². The Bertz CT molecular complexity index is 493. The van der Waals surface area contributed by atoms with Gasteiger partial charge >= 0.3 is 0 Å². The van der Waals surface area contributed by atoms with Gasteiger partial charge in [-0.3, -0.25) is 0 Å². The van der Waals surface area contributed by atoms with Gasteiger partial charge in [-0.05, 0) is 12.5 Å². The van der Waals surface area contributed by atoms with Crippen molar-refractivity contribution in [3.63, 3.8) is 0 Å². The molecule has 0 aliphatic heterocycles. The van der Waals surface area contributed by atoms with Gasteiger partial charge in [-0.25, -0.2) is 4.98 Å². The lowest BCUT2D eigenvalue weighted by Crippen LogP contribution is -2.15. The van der Waals surface area contributed by atoms with Crippen molar-refractivity contribution >= 4 is 33.3 Å². The van der Waals surface area contributed by atoms with E-state index in [1.54, 1.807) is 11.3 Å².